The maximum absolute atomic E-state index is 5.64. The van der Waals surface area contributed by atoms with Crippen LogP contribution in [0.3, 0.4) is 0 Å². The highest BCUT2D eigenvalue weighted by atomic mass is 16.5. The van der Waals surface area contributed by atoms with E-state index in [-0.39, 0.29) is 5.92 Å². The lowest BCUT2D eigenvalue weighted by molar-refractivity contribution is 0.0773. The quantitative estimate of drug-likeness (QED) is 0.869. The molecule has 0 radical (unpaired) electrons. The summed E-state index contributed by atoms with van der Waals surface area (Å²) in [6.07, 6.45) is 5.84. The van der Waals surface area contributed by atoms with Gasteiger partial charge in [-0.15, -0.1) is 0 Å². The number of nitrogen functional groups attached to an aromatic ring is 1. The average Bonchev–Trinajstić information content (AvgIpc) is 2.97. The second-order valence-electron chi connectivity index (χ2n) is 4.90. The van der Waals surface area contributed by atoms with Gasteiger partial charge in [-0.3, -0.25) is 0 Å². The van der Waals surface area contributed by atoms with Crippen LogP contribution >= 0.6 is 0 Å². The molecule has 1 unspecified atom stereocenters. The summed E-state index contributed by atoms with van der Waals surface area (Å²) in [5.74, 6) is 1.51. The fourth-order valence-electron chi connectivity index (χ4n) is 2.20. The van der Waals surface area contributed by atoms with Gasteiger partial charge in [-0.05, 0) is 36.6 Å². The molecule has 20 heavy (non-hydrogen) atoms. The summed E-state index contributed by atoms with van der Waals surface area (Å²) in [5, 5.41) is 4.03. The van der Waals surface area contributed by atoms with Gasteiger partial charge in [0.25, 0.3) is 5.89 Å². The molecule has 0 aliphatic carbocycles. The Hall–Kier alpha value is -2.14. The first-order valence-electron chi connectivity index (χ1n) is 6.76. The van der Waals surface area contributed by atoms with Crippen molar-refractivity contribution < 1.29 is 9.26 Å². The first-order valence-corrected chi connectivity index (χ1v) is 6.76. The third kappa shape index (κ3) is 3.05. The molecule has 1 saturated heterocycles. The Bertz CT molecular complexity index is 583. The SMILES string of the molecule is Nc1ccc(/C=C/c2nc(C3CCCOC3)no2)cc1. The van der Waals surface area contributed by atoms with Crippen molar-refractivity contribution in [1.82, 2.24) is 10.1 Å². The van der Waals surface area contributed by atoms with Crippen molar-refractivity contribution in [3.63, 3.8) is 0 Å². The van der Waals surface area contributed by atoms with Crippen LogP contribution in [0.2, 0.25) is 0 Å². The van der Waals surface area contributed by atoms with Gasteiger partial charge in [-0.25, -0.2) is 0 Å². The van der Waals surface area contributed by atoms with Gasteiger partial charge in [0.05, 0.1) is 6.61 Å². The number of ether oxygens (including phenoxy) is 1. The van der Waals surface area contributed by atoms with Crippen molar-refractivity contribution in [2.75, 3.05) is 18.9 Å². The van der Waals surface area contributed by atoms with E-state index < -0.39 is 0 Å². The van der Waals surface area contributed by atoms with Crippen molar-refractivity contribution >= 4 is 17.8 Å². The largest absolute Gasteiger partial charge is 0.399 e. The molecule has 3 rings (SSSR count). The van der Waals surface area contributed by atoms with Crippen molar-refractivity contribution in [3.05, 3.63) is 41.5 Å². The molecular weight excluding hydrogens is 254 g/mol. The van der Waals surface area contributed by atoms with Gasteiger partial charge in [-0.2, -0.15) is 4.98 Å². The summed E-state index contributed by atoms with van der Waals surface area (Å²) in [7, 11) is 0. The van der Waals surface area contributed by atoms with Crippen LogP contribution in [0.5, 0.6) is 0 Å². The molecule has 1 aromatic heterocycles. The highest BCUT2D eigenvalue weighted by Crippen LogP contribution is 2.23. The number of nitrogens with two attached hydrogens (primary N) is 1. The number of hydrogen-bond donors (Lipinski definition) is 1. The number of anilines is 1. The number of rotatable bonds is 3. The third-order valence-corrected chi connectivity index (χ3v) is 3.34. The van der Waals surface area contributed by atoms with Gasteiger partial charge in [0, 0.05) is 24.3 Å². The highest BCUT2D eigenvalue weighted by molar-refractivity contribution is 5.66. The zero-order valence-electron chi connectivity index (χ0n) is 11.2. The predicted molar refractivity (Wildman–Crippen MR) is 76.9 cm³/mol. The van der Waals surface area contributed by atoms with Crippen LogP contribution in [0, 0.1) is 0 Å². The van der Waals surface area contributed by atoms with E-state index in [2.05, 4.69) is 10.1 Å². The topological polar surface area (TPSA) is 74.2 Å². The van der Waals surface area contributed by atoms with Gasteiger partial charge >= 0.3 is 0 Å². The molecule has 1 aromatic carbocycles. The van der Waals surface area contributed by atoms with Crippen LogP contribution in [0.15, 0.2) is 28.8 Å². The first kappa shape index (κ1) is 12.9. The average molecular weight is 271 g/mol. The van der Waals surface area contributed by atoms with E-state index in [1.165, 1.54) is 0 Å². The molecule has 104 valence electrons. The lowest BCUT2D eigenvalue weighted by atomic mass is 10.0. The second-order valence-corrected chi connectivity index (χ2v) is 4.90. The van der Waals surface area contributed by atoms with Gasteiger partial charge in [0.1, 0.15) is 0 Å². The monoisotopic (exact) mass is 271 g/mol. The normalized spacial score (nSPS) is 19.5. The molecule has 1 fully saturated rings. The second kappa shape index (κ2) is 5.88. The molecule has 1 aliphatic heterocycles. The highest BCUT2D eigenvalue weighted by Gasteiger charge is 2.20. The summed E-state index contributed by atoms with van der Waals surface area (Å²) in [6, 6.07) is 7.60. The number of aromatic nitrogens is 2. The summed E-state index contributed by atoms with van der Waals surface area (Å²) >= 11 is 0. The van der Waals surface area contributed by atoms with Gasteiger partial charge in [0.15, 0.2) is 5.82 Å². The molecule has 2 N–H and O–H groups in total. The van der Waals surface area contributed by atoms with E-state index in [4.69, 9.17) is 15.0 Å². The predicted octanol–water partition coefficient (Wildman–Crippen LogP) is 2.72. The van der Waals surface area contributed by atoms with E-state index in [0.29, 0.717) is 12.5 Å². The molecule has 1 aliphatic rings. The first-order chi connectivity index (χ1) is 9.81. The molecule has 0 saturated carbocycles. The molecule has 5 heteroatoms. The zero-order valence-corrected chi connectivity index (χ0v) is 11.2. The Balaban J connectivity index is 1.68. The van der Waals surface area contributed by atoms with Crippen molar-refractivity contribution in [3.8, 4) is 0 Å². The van der Waals surface area contributed by atoms with Crippen LogP contribution in [0.4, 0.5) is 5.69 Å². The lowest BCUT2D eigenvalue weighted by Gasteiger charge is -2.18. The summed E-state index contributed by atoms with van der Waals surface area (Å²) in [5.41, 5.74) is 7.43. The van der Waals surface area contributed by atoms with Gasteiger partial charge in [-0.1, -0.05) is 17.3 Å². The molecule has 0 bridgehead atoms. The van der Waals surface area contributed by atoms with E-state index >= 15 is 0 Å². The Morgan fingerprint density at radius 2 is 2.05 bits per heavy atom. The standard InChI is InChI=1S/C15H17N3O2/c16-13-6-3-11(4-7-13)5-8-14-17-15(18-20-14)12-2-1-9-19-10-12/h3-8,12H,1-2,9-10,16H2/b8-5+. The van der Waals surface area contributed by atoms with Gasteiger partial charge < -0.3 is 15.0 Å². The minimum Gasteiger partial charge on any atom is -0.399 e. The molecule has 5 nitrogen and oxygen atoms in total. The van der Waals surface area contributed by atoms with Gasteiger partial charge in [0.2, 0.25) is 0 Å². The molecule has 2 heterocycles. The number of nitrogens with zero attached hydrogens (tertiary/aromatic N) is 2. The van der Waals surface area contributed by atoms with Crippen molar-refractivity contribution in [2.45, 2.75) is 18.8 Å². The summed E-state index contributed by atoms with van der Waals surface area (Å²) < 4.78 is 10.7. The van der Waals surface area contributed by atoms with Crippen LogP contribution in [0.1, 0.15) is 36.0 Å². The van der Waals surface area contributed by atoms with E-state index in [1.54, 1.807) is 0 Å². The summed E-state index contributed by atoms with van der Waals surface area (Å²) in [4.78, 5) is 4.40. The van der Waals surface area contributed by atoms with Crippen LogP contribution < -0.4 is 5.73 Å². The maximum atomic E-state index is 5.64. The Morgan fingerprint density at radius 1 is 1.20 bits per heavy atom. The zero-order chi connectivity index (χ0) is 13.8. The molecule has 1 atom stereocenters. The molecular formula is C15H17N3O2. The summed E-state index contributed by atoms with van der Waals surface area (Å²) in [6.45, 7) is 1.51. The minimum absolute atomic E-state index is 0.256. The number of benzene rings is 1. The Morgan fingerprint density at radius 3 is 2.80 bits per heavy atom. The fraction of sp³-hybridized carbons (Fsp3) is 0.333. The van der Waals surface area contributed by atoms with Crippen LogP contribution in [-0.4, -0.2) is 23.4 Å². The number of hydrogen-bond acceptors (Lipinski definition) is 5. The van der Waals surface area contributed by atoms with E-state index in [0.717, 1.165) is 36.5 Å². The van der Waals surface area contributed by atoms with E-state index in [1.807, 2.05) is 36.4 Å². The Kier molecular flexibility index (Phi) is 3.78. The minimum atomic E-state index is 0.256. The van der Waals surface area contributed by atoms with Crippen molar-refractivity contribution in [2.24, 2.45) is 0 Å². The fourth-order valence-corrected chi connectivity index (χ4v) is 2.20. The lowest BCUT2D eigenvalue weighted by Crippen LogP contribution is -2.16. The van der Waals surface area contributed by atoms with E-state index in [9.17, 15) is 0 Å². The van der Waals surface area contributed by atoms with Crippen LogP contribution in [-0.2, 0) is 4.74 Å². The Labute approximate surface area is 117 Å². The molecule has 2 aromatic rings. The maximum Gasteiger partial charge on any atom is 0.250 e. The smallest absolute Gasteiger partial charge is 0.250 e. The third-order valence-electron chi connectivity index (χ3n) is 3.34. The van der Waals surface area contributed by atoms with Crippen molar-refractivity contribution in [1.29, 1.82) is 0 Å². The molecule has 0 amide bonds. The molecule has 0 spiro atoms. The van der Waals surface area contributed by atoms with Crippen LogP contribution in [0.25, 0.3) is 12.2 Å².